The minimum absolute atomic E-state index is 0.112. The van der Waals surface area contributed by atoms with Gasteiger partial charge in [0.1, 0.15) is 0 Å². The van der Waals surface area contributed by atoms with Crippen LogP contribution in [0.2, 0.25) is 10.0 Å². The highest BCUT2D eigenvalue weighted by atomic mass is 35.5. The summed E-state index contributed by atoms with van der Waals surface area (Å²) in [6, 6.07) is 5.62. The van der Waals surface area contributed by atoms with Crippen molar-refractivity contribution in [2.75, 3.05) is 0 Å². The number of hydrogen-bond acceptors (Lipinski definition) is 2. The van der Waals surface area contributed by atoms with Crippen LogP contribution in [0, 0.1) is 34.5 Å². The van der Waals surface area contributed by atoms with E-state index in [4.69, 9.17) is 23.2 Å². The van der Waals surface area contributed by atoms with Gasteiger partial charge in [-0.1, -0.05) is 49.2 Å². The van der Waals surface area contributed by atoms with Gasteiger partial charge in [-0.15, -0.1) is 0 Å². The zero-order valence-corrected chi connectivity index (χ0v) is 19.5. The van der Waals surface area contributed by atoms with E-state index < -0.39 is 0 Å². The van der Waals surface area contributed by atoms with Crippen LogP contribution < -0.4 is 0 Å². The number of benzene rings is 1. The molecule has 0 aliphatic heterocycles. The quantitative estimate of drug-likeness (QED) is 0.473. The molecule has 0 bridgehead atoms. The zero-order chi connectivity index (χ0) is 21.3. The maximum atomic E-state index is 13.6. The Labute approximate surface area is 190 Å². The van der Waals surface area contributed by atoms with Gasteiger partial charge in [0, 0.05) is 5.41 Å². The van der Waals surface area contributed by atoms with Crippen molar-refractivity contribution >= 4 is 35.1 Å². The highest BCUT2D eigenvalue weighted by Crippen LogP contribution is 2.66. The summed E-state index contributed by atoms with van der Waals surface area (Å²) in [5.74, 6) is 2.70. The summed E-state index contributed by atoms with van der Waals surface area (Å²) in [4.78, 5) is 13.6. The molecule has 0 aromatic heterocycles. The summed E-state index contributed by atoms with van der Waals surface area (Å²) >= 11 is 12.6. The van der Waals surface area contributed by atoms with E-state index in [1.807, 2.05) is 18.2 Å². The fourth-order valence-corrected chi connectivity index (χ4v) is 8.22. The molecule has 0 amide bonds. The second-order valence-corrected chi connectivity index (χ2v) is 11.7. The Morgan fingerprint density at radius 2 is 1.87 bits per heavy atom. The summed E-state index contributed by atoms with van der Waals surface area (Å²) in [5, 5.41) is 11.3. The number of carbonyl (C=O) groups is 1. The molecule has 2 nitrogen and oxygen atoms in total. The van der Waals surface area contributed by atoms with Crippen LogP contribution in [0.5, 0.6) is 0 Å². The lowest BCUT2D eigenvalue weighted by Gasteiger charge is -2.59. The molecule has 7 atom stereocenters. The van der Waals surface area contributed by atoms with Gasteiger partial charge < -0.3 is 5.11 Å². The molecule has 0 heterocycles. The predicted octanol–water partition coefficient (Wildman–Crippen LogP) is 6.96. The van der Waals surface area contributed by atoms with Crippen molar-refractivity contribution in [1.29, 1.82) is 0 Å². The molecule has 4 fully saturated rings. The molecule has 4 saturated carbocycles. The normalized spacial score (nSPS) is 44.5. The van der Waals surface area contributed by atoms with E-state index in [2.05, 4.69) is 13.8 Å². The Hall–Kier alpha value is -0.830. The van der Waals surface area contributed by atoms with E-state index >= 15 is 0 Å². The molecular formula is C26H32Cl2O2. The number of aliphatic hydroxyl groups excluding tert-OH is 1. The third-order valence-electron chi connectivity index (χ3n) is 9.59. The van der Waals surface area contributed by atoms with Crippen molar-refractivity contribution in [1.82, 2.24) is 0 Å². The first kappa shape index (κ1) is 21.0. The van der Waals surface area contributed by atoms with Crippen molar-refractivity contribution in [2.45, 2.75) is 71.3 Å². The first-order chi connectivity index (χ1) is 14.2. The van der Waals surface area contributed by atoms with E-state index in [-0.39, 0.29) is 11.5 Å². The Kier molecular flexibility index (Phi) is 5.16. The molecule has 30 heavy (non-hydrogen) atoms. The van der Waals surface area contributed by atoms with E-state index in [0.29, 0.717) is 44.9 Å². The number of carbonyl (C=O) groups excluding carboxylic acids is 1. The number of fused-ring (bicyclic) bond motifs is 5. The molecule has 1 aromatic carbocycles. The molecule has 4 heteroatoms. The van der Waals surface area contributed by atoms with Crippen LogP contribution >= 0.6 is 23.2 Å². The number of aliphatic hydroxyl groups is 1. The van der Waals surface area contributed by atoms with Crippen LogP contribution in [0.1, 0.15) is 70.8 Å². The summed E-state index contributed by atoms with van der Waals surface area (Å²) in [6.45, 7) is 4.71. The Balaban J connectivity index is 1.46. The van der Waals surface area contributed by atoms with E-state index in [1.54, 1.807) is 6.07 Å². The maximum Gasteiger partial charge on any atom is 0.165 e. The number of hydrogen-bond donors (Lipinski definition) is 1. The standard InChI is InChI=1S/C26H32Cl2O2/c1-25-10-8-18(29)14-17(25)6-7-19-20(25)9-11-26(2)21(19)13-16(24(26)30)12-15-4-3-5-22(27)23(15)28/h3-5,12,17-21,29H,6-11,13-14H2,1-2H3/b16-12+/t17-,18+,19-,20+,21+,25-,26-/m0/s1. The lowest BCUT2D eigenvalue weighted by atomic mass is 9.45. The first-order valence-corrected chi connectivity index (χ1v) is 12.4. The van der Waals surface area contributed by atoms with Gasteiger partial charge in [0.05, 0.1) is 16.1 Å². The monoisotopic (exact) mass is 446 g/mol. The van der Waals surface area contributed by atoms with Gasteiger partial charge in [0.15, 0.2) is 5.78 Å². The molecule has 1 aromatic rings. The van der Waals surface area contributed by atoms with Gasteiger partial charge in [0.25, 0.3) is 0 Å². The average Bonchev–Trinajstić information content (AvgIpc) is 2.97. The number of Topliss-reactive ketones (excluding diaryl/α,β-unsaturated/α-hetero) is 1. The van der Waals surface area contributed by atoms with Crippen LogP contribution in [-0.2, 0) is 4.79 Å². The first-order valence-electron chi connectivity index (χ1n) is 11.6. The van der Waals surface area contributed by atoms with Crippen LogP contribution in [0.3, 0.4) is 0 Å². The minimum atomic E-state index is -0.241. The molecule has 0 saturated heterocycles. The third kappa shape index (κ3) is 3.05. The lowest BCUT2D eigenvalue weighted by Crippen LogP contribution is -2.54. The molecule has 5 rings (SSSR count). The highest BCUT2D eigenvalue weighted by Gasteiger charge is 2.61. The van der Waals surface area contributed by atoms with Gasteiger partial charge in [-0.05, 0) is 104 Å². The highest BCUT2D eigenvalue weighted by molar-refractivity contribution is 6.43. The van der Waals surface area contributed by atoms with Gasteiger partial charge in [-0.2, -0.15) is 0 Å². The molecular weight excluding hydrogens is 415 g/mol. The predicted molar refractivity (Wildman–Crippen MR) is 123 cm³/mol. The molecule has 4 aliphatic carbocycles. The smallest absolute Gasteiger partial charge is 0.165 e. The van der Waals surface area contributed by atoms with Crippen LogP contribution in [0.25, 0.3) is 6.08 Å². The molecule has 0 spiro atoms. The van der Waals surface area contributed by atoms with Gasteiger partial charge >= 0.3 is 0 Å². The summed E-state index contributed by atoms with van der Waals surface area (Å²) in [6.07, 6.45) is 10.3. The average molecular weight is 447 g/mol. The largest absolute Gasteiger partial charge is 0.393 e. The van der Waals surface area contributed by atoms with Gasteiger partial charge in [0.2, 0.25) is 0 Å². The van der Waals surface area contributed by atoms with Crippen molar-refractivity contribution in [3.63, 3.8) is 0 Å². The summed E-state index contributed by atoms with van der Waals surface area (Å²) in [5.41, 5.74) is 1.87. The Morgan fingerprint density at radius 1 is 1.07 bits per heavy atom. The van der Waals surface area contributed by atoms with Crippen LogP contribution in [0.15, 0.2) is 23.8 Å². The maximum absolute atomic E-state index is 13.6. The molecule has 0 radical (unpaired) electrons. The summed E-state index contributed by atoms with van der Waals surface area (Å²) in [7, 11) is 0. The molecule has 1 N–H and O–H groups in total. The van der Waals surface area contributed by atoms with E-state index in [9.17, 15) is 9.90 Å². The van der Waals surface area contributed by atoms with Crippen LogP contribution in [0.4, 0.5) is 0 Å². The number of rotatable bonds is 1. The SMILES string of the molecule is C[C@]12CC[C@@H](O)C[C@@H]1CC[C@H]1[C@H]2CC[C@]2(C)C(=O)/C(=C/c3cccc(Cl)c3Cl)C[C@H]12. The van der Waals surface area contributed by atoms with Crippen molar-refractivity contribution in [3.05, 3.63) is 39.4 Å². The van der Waals surface area contributed by atoms with Gasteiger partial charge in [-0.3, -0.25) is 4.79 Å². The zero-order valence-electron chi connectivity index (χ0n) is 18.0. The number of halogens is 2. The fourth-order valence-electron chi connectivity index (χ4n) is 7.85. The number of allylic oxidation sites excluding steroid dienone is 1. The Morgan fingerprint density at radius 3 is 2.67 bits per heavy atom. The Bertz CT molecular complexity index is 908. The van der Waals surface area contributed by atoms with Crippen LogP contribution in [-0.4, -0.2) is 17.0 Å². The van der Waals surface area contributed by atoms with Crippen molar-refractivity contribution < 1.29 is 9.90 Å². The fraction of sp³-hybridized carbons (Fsp3) is 0.654. The summed E-state index contributed by atoms with van der Waals surface area (Å²) < 4.78 is 0. The van der Waals surface area contributed by atoms with Gasteiger partial charge in [-0.25, -0.2) is 0 Å². The van der Waals surface area contributed by atoms with Crippen molar-refractivity contribution in [3.8, 4) is 0 Å². The minimum Gasteiger partial charge on any atom is -0.393 e. The second kappa shape index (κ2) is 7.36. The van der Waals surface area contributed by atoms with Crippen molar-refractivity contribution in [2.24, 2.45) is 34.5 Å². The lowest BCUT2D eigenvalue weighted by molar-refractivity contribution is -0.141. The third-order valence-corrected chi connectivity index (χ3v) is 10.4. The second-order valence-electron chi connectivity index (χ2n) is 10.9. The molecule has 162 valence electrons. The molecule has 0 unspecified atom stereocenters. The number of ketones is 1. The van der Waals surface area contributed by atoms with E-state index in [1.165, 1.54) is 12.8 Å². The molecule has 4 aliphatic rings. The van der Waals surface area contributed by atoms with E-state index in [0.717, 1.165) is 49.7 Å². The topological polar surface area (TPSA) is 37.3 Å².